The number of hydrogen-bond donors (Lipinski definition) is 0. The number of unbranched alkanes of at least 4 members (excludes halogenated alkanes) is 3. The molecule has 0 heteroatoms. The van der Waals surface area contributed by atoms with Crippen molar-refractivity contribution in [1.29, 1.82) is 0 Å². The van der Waals surface area contributed by atoms with Crippen LogP contribution in [0.5, 0.6) is 0 Å². The minimum atomic E-state index is 0.187. The Kier molecular flexibility index (Phi) is 8.87. The van der Waals surface area contributed by atoms with Crippen LogP contribution in [0.3, 0.4) is 0 Å². The molecule has 0 aromatic rings. The van der Waals surface area contributed by atoms with Gasteiger partial charge in [-0.05, 0) is 80.6 Å². The summed E-state index contributed by atoms with van der Waals surface area (Å²) in [7, 11) is 0. The summed E-state index contributed by atoms with van der Waals surface area (Å²) >= 11 is 0. The summed E-state index contributed by atoms with van der Waals surface area (Å²) in [6.45, 7) is 11.7. The quantitative estimate of drug-likeness (QED) is 0.338. The molecule has 0 N–H and O–H groups in total. The van der Waals surface area contributed by atoms with Crippen LogP contribution in [0.15, 0.2) is 58.2 Å². The molecule has 0 heterocycles. The Hall–Kier alpha value is -1.30. The highest BCUT2D eigenvalue weighted by atomic mass is 14.4. The lowest BCUT2D eigenvalue weighted by atomic mass is 9.71. The van der Waals surface area contributed by atoms with Crippen LogP contribution in [0.2, 0.25) is 0 Å². The zero-order valence-electron chi connectivity index (χ0n) is 18.7. The van der Waals surface area contributed by atoms with Gasteiger partial charge in [0.1, 0.15) is 0 Å². The van der Waals surface area contributed by atoms with Gasteiger partial charge in [0.25, 0.3) is 0 Å². The topological polar surface area (TPSA) is 0 Å². The highest BCUT2D eigenvalue weighted by molar-refractivity contribution is 5.54. The maximum absolute atomic E-state index is 2.62. The van der Waals surface area contributed by atoms with Crippen molar-refractivity contribution in [2.24, 2.45) is 5.41 Å². The Labute approximate surface area is 169 Å². The Balaban J connectivity index is 2.49. The zero-order chi connectivity index (χ0) is 19.7. The molecule has 0 aromatic heterocycles. The Morgan fingerprint density at radius 3 is 2.41 bits per heavy atom. The van der Waals surface area contributed by atoms with Crippen LogP contribution in [0.4, 0.5) is 0 Å². The van der Waals surface area contributed by atoms with E-state index in [9.17, 15) is 0 Å². The van der Waals surface area contributed by atoms with E-state index in [1.807, 2.05) is 0 Å². The van der Waals surface area contributed by atoms with Gasteiger partial charge in [0, 0.05) is 5.41 Å². The molecular weight excluding hydrogens is 324 g/mol. The first-order valence-corrected chi connectivity index (χ1v) is 11.5. The summed E-state index contributed by atoms with van der Waals surface area (Å²) in [5.41, 5.74) is 8.36. The fourth-order valence-electron chi connectivity index (χ4n) is 4.77. The van der Waals surface area contributed by atoms with Crippen molar-refractivity contribution in [3.05, 3.63) is 58.2 Å². The standard InChI is InChI=1S/C27H42/c1-6-9-12-16-23-20-21-27(5,25(23)18-11-8-3)26(19-13-10-7-2)24-17-14-15-22(24)4/h11-12,16,18-19H,6-10,13-15,17,20-21H2,1-5H3. The molecule has 0 saturated carbocycles. The van der Waals surface area contributed by atoms with Gasteiger partial charge in [-0.1, -0.05) is 82.9 Å². The maximum atomic E-state index is 2.62. The van der Waals surface area contributed by atoms with Crippen LogP contribution in [0, 0.1) is 5.41 Å². The summed E-state index contributed by atoms with van der Waals surface area (Å²) in [5, 5.41) is 0. The minimum Gasteiger partial charge on any atom is -0.0845 e. The van der Waals surface area contributed by atoms with E-state index >= 15 is 0 Å². The van der Waals surface area contributed by atoms with E-state index in [0.29, 0.717) is 0 Å². The molecule has 2 aliphatic rings. The Bertz CT molecular complexity index is 635. The molecule has 0 aliphatic heterocycles. The smallest absolute Gasteiger partial charge is 0.0180 e. The van der Waals surface area contributed by atoms with Crippen LogP contribution in [0.1, 0.15) is 105 Å². The Morgan fingerprint density at radius 2 is 1.78 bits per heavy atom. The SMILES string of the molecule is CCC=CC1=C(C=CCCC)CCC1(C)C(=CCCCC)C1=C(C)CCC1. The normalized spacial score (nSPS) is 24.4. The molecule has 27 heavy (non-hydrogen) atoms. The summed E-state index contributed by atoms with van der Waals surface area (Å²) in [4.78, 5) is 0. The predicted molar refractivity (Wildman–Crippen MR) is 122 cm³/mol. The summed E-state index contributed by atoms with van der Waals surface area (Å²) in [5.74, 6) is 0. The molecule has 0 saturated heterocycles. The van der Waals surface area contributed by atoms with Gasteiger partial charge in [-0.15, -0.1) is 0 Å². The van der Waals surface area contributed by atoms with Crippen LogP contribution >= 0.6 is 0 Å². The first kappa shape index (κ1) is 22.0. The third kappa shape index (κ3) is 5.37. The second kappa shape index (κ2) is 10.9. The molecule has 0 nitrogen and oxygen atoms in total. The molecule has 2 rings (SSSR count). The van der Waals surface area contributed by atoms with Gasteiger partial charge in [-0.3, -0.25) is 0 Å². The van der Waals surface area contributed by atoms with Crippen molar-refractivity contribution >= 4 is 0 Å². The molecule has 1 unspecified atom stereocenters. The largest absolute Gasteiger partial charge is 0.0845 e. The predicted octanol–water partition coefficient (Wildman–Crippen LogP) is 9.02. The molecule has 0 bridgehead atoms. The first-order valence-electron chi connectivity index (χ1n) is 11.5. The molecule has 0 fully saturated rings. The second-order valence-electron chi connectivity index (χ2n) is 8.65. The molecule has 0 spiro atoms. The second-order valence-corrected chi connectivity index (χ2v) is 8.65. The minimum absolute atomic E-state index is 0.187. The van der Waals surface area contributed by atoms with E-state index < -0.39 is 0 Å². The lowest BCUT2D eigenvalue weighted by molar-refractivity contribution is 0.483. The van der Waals surface area contributed by atoms with Crippen molar-refractivity contribution in [2.45, 2.75) is 105 Å². The van der Waals surface area contributed by atoms with E-state index in [1.165, 1.54) is 64.2 Å². The van der Waals surface area contributed by atoms with E-state index in [1.54, 1.807) is 27.9 Å². The van der Waals surface area contributed by atoms with Gasteiger partial charge in [-0.2, -0.15) is 0 Å². The van der Waals surface area contributed by atoms with E-state index in [-0.39, 0.29) is 5.41 Å². The molecule has 0 radical (unpaired) electrons. The van der Waals surface area contributed by atoms with Crippen molar-refractivity contribution < 1.29 is 0 Å². The first-order chi connectivity index (χ1) is 13.1. The number of rotatable bonds is 10. The lowest BCUT2D eigenvalue weighted by Gasteiger charge is -2.32. The van der Waals surface area contributed by atoms with Crippen LogP contribution < -0.4 is 0 Å². The van der Waals surface area contributed by atoms with Crippen LogP contribution in [0.25, 0.3) is 0 Å². The van der Waals surface area contributed by atoms with Gasteiger partial charge in [-0.25, -0.2) is 0 Å². The van der Waals surface area contributed by atoms with Gasteiger partial charge in [0.2, 0.25) is 0 Å². The third-order valence-corrected chi connectivity index (χ3v) is 6.45. The van der Waals surface area contributed by atoms with E-state index in [4.69, 9.17) is 0 Å². The molecule has 1 atom stereocenters. The van der Waals surface area contributed by atoms with Crippen molar-refractivity contribution in [3.8, 4) is 0 Å². The van der Waals surface area contributed by atoms with Crippen LogP contribution in [-0.2, 0) is 0 Å². The van der Waals surface area contributed by atoms with Gasteiger partial charge >= 0.3 is 0 Å². The van der Waals surface area contributed by atoms with E-state index in [2.05, 4.69) is 65.0 Å². The van der Waals surface area contributed by atoms with Crippen LogP contribution in [-0.4, -0.2) is 0 Å². The fourth-order valence-corrected chi connectivity index (χ4v) is 4.77. The van der Waals surface area contributed by atoms with Gasteiger partial charge in [0.05, 0.1) is 0 Å². The number of allylic oxidation sites excluding steroid dienone is 10. The number of hydrogen-bond acceptors (Lipinski definition) is 0. The zero-order valence-corrected chi connectivity index (χ0v) is 18.7. The Morgan fingerprint density at radius 1 is 0.963 bits per heavy atom. The molecular formula is C27H42. The molecule has 0 aromatic carbocycles. The lowest BCUT2D eigenvalue weighted by Crippen LogP contribution is -2.20. The fraction of sp³-hybridized carbons (Fsp3) is 0.630. The summed E-state index contributed by atoms with van der Waals surface area (Å²) < 4.78 is 0. The van der Waals surface area contributed by atoms with Crippen molar-refractivity contribution in [2.75, 3.05) is 0 Å². The highest BCUT2D eigenvalue weighted by Crippen LogP contribution is 2.53. The van der Waals surface area contributed by atoms with Crippen molar-refractivity contribution in [1.82, 2.24) is 0 Å². The third-order valence-electron chi connectivity index (χ3n) is 6.45. The van der Waals surface area contributed by atoms with E-state index in [0.717, 1.165) is 6.42 Å². The van der Waals surface area contributed by atoms with Gasteiger partial charge in [0.15, 0.2) is 0 Å². The maximum Gasteiger partial charge on any atom is 0.0180 e. The summed E-state index contributed by atoms with van der Waals surface area (Å²) in [6, 6.07) is 0. The van der Waals surface area contributed by atoms with Gasteiger partial charge < -0.3 is 0 Å². The molecule has 150 valence electrons. The van der Waals surface area contributed by atoms with Crippen molar-refractivity contribution in [3.63, 3.8) is 0 Å². The molecule has 2 aliphatic carbocycles. The molecule has 0 amide bonds. The average Bonchev–Trinajstić information content (AvgIpc) is 3.21. The highest BCUT2D eigenvalue weighted by Gasteiger charge is 2.39. The monoisotopic (exact) mass is 366 g/mol. The summed E-state index contributed by atoms with van der Waals surface area (Å²) in [6.07, 6.45) is 26.0. The average molecular weight is 367 g/mol.